The number of nitrogens with one attached hydrogen (secondary N) is 1. The lowest BCUT2D eigenvalue weighted by molar-refractivity contribution is 0.989. The van der Waals surface area contributed by atoms with E-state index in [4.69, 9.17) is 0 Å². The van der Waals surface area contributed by atoms with E-state index in [1.807, 2.05) is 0 Å². The largest absolute Gasteiger partial charge is 0.303 e. The molecule has 2 rings (SSSR count). The first-order valence-corrected chi connectivity index (χ1v) is 5.49. The summed E-state index contributed by atoms with van der Waals surface area (Å²) in [5.74, 6) is 0. The Balaban J connectivity index is 2.30. The molecule has 2 atom stereocenters. The van der Waals surface area contributed by atoms with Crippen LogP contribution in [0.2, 0.25) is 0 Å². The molecule has 1 nitrogen and oxygen atoms in total. The highest BCUT2D eigenvalue weighted by Crippen LogP contribution is 2.39. The van der Waals surface area contributed by atoms with Gasteiger partial charge in [0, 0.05) is 11.0 Å². The van der Waals surface area contributed by atoms with Crippen LogP contribution >= 0.6 is 30.0 Å². The second-order valence-corrected chi connectivity index (χ2v) is 6.49. The van der Waals surface area contributed by atoms with E-state index in [0.29, 0.717) is 26.3 Å². The Kier molecular flexibility index (Phi) is 0.884. The van der Waals surface area contributed by atoms with Crippen molar-refractivity contribution in [2.45, 2.75) is 5.54 Å². The van der Waals surface area contributed by atoms with Crippen molar-refractivity contribution in [2.24, 2.45) is 0 Å². The van der Waals surface area contributed by atoms with Gasteiger partial charge in [-0.1, -0.05) is 0 Å². The van der Waals surface area contributed by atoms with Crippen molar-refractivity contribution in [1.82, 2.24) is 5.32 Å². The van der Waals surface area contributed by atoms with Crippen LogP contribution < -0.4 is 5.32 Å². The van der Waals surface area contributed by atoms with Crippen molar-refractivity contribution in [3.63, 3.8) is 0 Å². The minimum atomic E-state index is 0.518. The van der Waals surface area contributed by atoms with Crippen LogP contribution in [0.5, 0.6) is 0 Å². The molecule has 1 saturated heterocycles. The summed E-state index contributed by atoms with van der Waals surface area (Å²) in [5, 5.41) is 3.37. The first-order chi connectivity index (χ1) is 3.33. The monoisotopic (exact) mass is 227 g/mol. The third kappa shape index (κ3) is 0.538. The topological polar surface area (TPSA) is 21.9 Å². The second-order valence-electron chi connectivity index (χ2n) is 2.05. The molecule has 0 aliphatic carbocycles. The predicted molar refractivity (Wildman–Crippen MR) is 44.3 cm³/mol. The van der Waals surface area contributed by atoms with E-state index in [2.05, 4.69) is 14.6 Å². The van der Waals surface area contributed by atoms with E-state index in [1.54, 1.807) is 3.25 Å². The number of hydrogen-bond acceptors (Lipinski definition) is 1. The van der Waals surface area contributed by atoms with Gasteiger partial charge in [-0.2, -0.15) is 0 Å². The summed E-state index contributed by atoms with van der Waals surface area (Å²) in [6, 6.07) is 0. The van der Waals surface area contributed by atoms with Gasteiger partial charge in [-0.05, 0) is 3.25 Å². The van der Waals surface area contributed by atoms with E-state index < -0.39 is 0 Å². The zero-order chi connectivity index (χ0) is 4.91. The molecule has 0 aromatic heterocycles. The van der Waals surface area contributed by atoms with Crippen molar-refractivity contribution in [3.05, 3.63) is 0 Å². The fraction of sp³-hybridized carbons (Fsp3) is 0.750. The van der Waals surface area contributed by atoms with Crippen molar-refractivity contribution in [2.75, 3.05) is 11.0 Å². The maximum absolute atomic E-state index is 3.37. The van der Waals surface area contributed by atoms with Crippen LogP contribution in [0.3, 0.4) is 0 Å². The van der Waals surface area contributed by atoms with Crippen LogP contribution in [0.25, 0.3) is 0 Å². The summed E-state index contributed by atoms with van der Waals surface area (Å²) in [5.41, 5.74) is 0.609. The first-order valence-electron chi connectivity index (χ1n) is 2.31. The Bertz CT molecular complexity index is 139. The maximum atomic E-state index is 3.37. The third-order valence-corrected chi connectivity index (χ3v) is 6.63. The lowest BCUT2D eigenvalue weighted by Gasteiger charge is -2.19. The van der Waals surface area contributed by atoms with Gasteiger partial charge in [0.15, 0.2) is 0 Å². The zero-order valence-corrected chi connectivity index (χ0v) is 7.18. The Morgan fingerprint density at radius 3 is 2.57 bits per heavy atom. The van der Waals surface area contributed by atoms with E-state index >= 15 is 0 Å². The van der Waals surface area contributed by atoms with Gasteiger partial charge in [0.2, 0.25) is 0 Å². The first kappa shape index (κ1) is 4.83. The normalized spacial score (nSPS) is 46.7. The van der Waals surface area contributed by atoms with Crippen LogP contribution in [0.4, 0.5) is 0 Å². The Morgan fingerprint density at radius 2 is 2.57 bits per heavy atom. The predicted octanol–water partition coefficient (Wildman–Crippen LogP) is 0.318. The molecule has 40 valence electrons. The summed E-state index contributed by atoms with van der Waals surface area (Å²) in [4.78, 5) is 0. The highest BCUT2D eigenvalue weighted by atomic mass is 127. The second kappa shape index (κ2) is 1.28. The molecule has 2 unspecified atom stereocenters. The van der Waals surface area contributed by atoms with Gasteiger partial charge < -0.3 is 5.32 Å². The lowest BCUT2D eigenvalue weighted by atomic mass is 10.2. The fourth-order valence-electron chi connectivity index (χ4n) is 0.675. The summed E-state index contributed by atoms with van der Waals surface area (Å²) in [6.07, 6.45) is 0. The molecular weight excluding hydrogens is 220 g/mol. The van der Waals surface area contributed by atoms with Crippen molar-refractivity contribution in [1.29, 1.82) is 0 Å². The molecule has 2 aliphatic rings. The van der Waals surface area contributed by atoms with Crippen LogP contribution in [-0.2, 0) is 0 Å². The molecule has 2 heterocycles. The SMILES string of the molecule is PC1=ICC12CN2. The standard InChI is InChI=1S/C4H7INP/c7-3-4(1-5-3)2-6-4/h6H,1-2,7H2. The molecule has 0 aromatic carbocycles. The van der Waals surface area contributed by atoms with Gasteiger partial charge in [-0.3, -0.25) is 0 Å². The minimum Gasteiger partial charge on any atom is -0.303 e. The van der Waals surface area contributed by atoms with Gasteiger partial charge >= 0.3 is 0 Å². The Labute approximate surface area is 55.2 Å². The molecule has 0 bridgehead atoms. The molecule has 1 spiro atoms. The fourth-order valence-corrected chi connectivity index (χ4v) is 4.58. The molecule has 1 fully saturated rings. The van der Waals surface area contributed by atoms with E-state index in [-0.39, 0.29) is 0 Å². The molecule has 1 N–H and O–H groups in total. The van der Waals surface area contributed by atoms with Crippen molar-refractivity contribution >= 4 is 33.2 Å². The van der Waals surface area contributed by atoms with E-state index in [9.17, 15) is 0 Å². The Morgan fingerprint density at radius 1 is 1.86 bits per heavy atom. The highest BCUT2D eigenvalue weighted by molar-refractivity contribution is 14.2. The molecule has 7 heavy (non-hydrogen) atoms. The number of alkyl halides is 1. The molecule has 0 saturated carbocycles. The highest BCUT2D eigenvalue weighted by Gasteiger charge is 2.48. The van der Waals surface area contributed by atoms with Crippen LogP contribution in [0.15, 0.2) is 0 Å². The average molecular weight is 227 g/mol. The number of hydrogen-bond donors (Lipinski definition) is 1. The van der Waals surface area contributed by atoms with E-state index in [0.717, 1.165) is 0 Å². The quantitative estimate of drug-likeness (QED) is 0.273. The van der Waals surface area contributed by atoms with Crippen LogP contribution in [0, 0.1) is 0 Å². The van der Waals surface area contributed by atoms with Crippen LogP contribution in [-0.4, -0.2) is 19.8 Å². The van der Waals surface area contributed by atoms with Gasteiger partial charge in [-0.25, -0.2) is 0 Å². The number of halogens is 1. The average Bonchev–Trinajstić information content (AvgIpc) is 2.40. The molecule has 0 radical (unpaired) electrons. The van der Waals surface area contributed by atoms with Gasteiger partial charge in [0.05, 0.1) is 5.54 Å². The summed E-state index contributed by atoms with van der Waals surface area (Å²) >= 11 is 0.518. The summed E-state index contributed by atoms with van der Waals surface area (Å²) in [6.45, 7) is 1.27. The molecule has 2 aliphatic heterocycles. The van der Waals surface area contributed by atoms with Gasteiger partial charge in [-0.15, -0.1) is 30.0 Å². The number of rotatable bonds is 0. The minimum absolute atomic E-state index is 0.518. The van der Waals surface area contributed by atoms with Crippen LogP contribution in [0.1, 0.15) is 0 Å². The summed E-state index contributed by atoms with van der Waals surface area (Å²) in [7, 11) is 2.86. The molecule has 3 heteroatoms. The third-order valence-electron chi connectivity index (χ3n) is 1.50. The molecule has 0 amide bonds. The van der Waals surface area contributed by atoms with Crippen molar-refractivity contribution in [3.8, 4) is 0 Å². The van der Waals surface area contributed by atoms with Crippen molar-refractivity contribution < 1.29 is 0 Å². The smallest absolute Gasteiger partial charge is 0.0698 e. The van der Waals surface area contributed by atoms with Gasteiger partial charge in [0.1, 0.15) is 0 Å². The van der Waals surface area contributed by atoms with Gasteiger partial charge in [0.25, 0.3) is 0 Å². The summed E-state index contributed by atoms with van der Waals surface area (Å²) < 4.78 is 3.19. The lowest BCUT2D eigenvalue weighted by Crippen LogP contribution is -2.31. The molecular formula is C4H7INP. The zero-order valence-electron chi connectivity index (χ0n) is 3.87. The Hall–Kier alpha value is 0.990. The van der Waals surface area contributed by atoms with E-state index in [1.165, 1.54) is 11.0 Å². The molecule has 0 aromatic rings. The maximum Gasteiger partial charge on any atom is 0.0698 e.